The van der Waals surface area contributed by atoms with Gasteiger partial charge in [-0.15, -0.1) is 0 Å². The molecule has 0 aromatic rings. The van der Waals surface area contributed by atoms with Gasteiger partial charge in [0.15, 0.2) is 0 Å². The highest BCUT2D eigenvalue weighted by molar-refractivity contribution is 5.10. The summed E-state index contributed by atoms with van der Waals surface area (Å²) in [4.78, 5) is 0. The zero-order chi connectivity index (χ0) is 8.98. The Hall–Kier alpha value is -0.0400. The fourth-order valence-corrected chi connectivity index (χ4v) is 3.49. The van der Waals surface area contributed by atoms with Crippen LogP contribution in [0.25, 0.3) is 0 Å². The highest BCUT2D eigenvalue weighted by Gasteiger charge is 2.61. The Labute approximate surface area is 75.5 Å². The van der Waals surface area contributed by atoms with Gasteiger partial charge in [0.05, 0.1) is 6.10 Å². The second-order valence-electron chi connectivity index (χ2n) is 5.33. The van der Waals surface area contributed by atoms with E-state index in [0.717, 1.165) is 5.92 Å². The average Bonchev–Trinajstić information content (AvgIpc) is 2.34. The van der Waals surface area contributed by atoms with E-state index in [0.29, 0.717) is 16.9 Å². The first-order valence-corrected chi connectivity index (χ1v) is 5.05. The third-order valence-corrected chi connectivity index (χ3v) is 5.00. The molecule has 70 valence electrons. The fourth-order valence-electron chi connectivity index (χ4n) is 3.49. The Balaban J connectivity index is 2.33. The molecule has 12 heavy (non-hydrogen) atoms. The van der Waals surface area contributed by atoms with Crippen molar-refractivity contribution in [3.63, 3.8) is 0 Å². The van der Waals surface area contributed by atoms with Crippen molar-refractivity contribution in [3.8, 4) is 0 Å². The second kappa shape index (κ2) is 2.25. The lowest BCUT2D eigenvalue weighted by Gasteiger charge is -2.38. The number of fused-ring (bicyclic) bond motifs is 2. The van der Waals surface area contributed by atoms with Gasteiger partial charge in [0, 0.05) is 7.11 Å². The van der Waals surface area contributed by atoms with Gasteiger partial charge in [-0.2, -0.15) is 0 Å². The van der Waals surface area contributed by atoms with Crippen LogP contribution in [0.5, 0.6) is 0 Å². The molecular formula is C11H20O. The van der Waals surface area contributed by atoms with Crippen molar-refractivity contribution in [2.75, 3.05) is 7.11 Å². The van der Waals surface area contributed by atoms with Crippen LogP contribution in [0.15, 0.2) is 0 Å². The van der Waals surface area contributed by atoms with E-state index in [1.165, 1.54) is 19.3 Å². The number of hydrogen-bond donors (Lipinski definition) is 0. The smallest absolute Gasteiger partial charge is 0.0632 e. The molecule has 2 rings (SSSR count). The Morgan fingerprint density at radius 3 is 2.17 bits per heavy atom. The van der Waals surface area contributed by atoms with E-state index in [1.54, 1.807) is 0 Å². The largest absolute Gasteiger partial charge is 0.381 e. The summed E-state index contributed by atoms with van der Waals surface area (Å²) in [5.74, 6) is 0.910. The SMILES string of the molecule is COC1C[C@H]2CC[C@]1(C)C2(C)C. The zero-order valence-corrected chi connectivity index (χ0v) is 8.68. The van der Waals surface area contributed by atoms with Crippen LogP contribution in [-0.4, -0.2) is 13.2 Å². The lowest BCUT2D eigenvalue weighted by Crippen LogP contribution is -2.36. The van der Waals surface area contributed by atoms with Crippen LogP contribution in [0.1, 0.15) is 40.0 Å². The monoisotopic (exact) mass is 168 g/mol. The minimum atomic E-state index is 0.451. The molecule has 2 bridgehead atoms. The molecule has 2 fully saturated rings. The zero-order valence-electron chi connectivity index (χ0n) is 8.68. The topological polar surface area (TPSA) is 9.23 Å². The Morgan fingerprint density at radius 1 is 1.25 bits per heavy atom. The summed E-state index contributed by atoms with van der Waals surface area (Å²) in [6, 6.07) is 0. The number of ether oxygens (including phenoxy) is 1. The van der Waals surface area contributed by atoms with Gasteiger partial charge in [-0.1, -0.05) is 20.8 Å². The van der Waals surface area contributed by atoms with Gasteiger partial charge in [-0.05, 0) is 36.0 Å². The standard InChI is InChI=1S/C11H20O/c1-10(2)8-5-6-11(10,3)9(7-8)12-4/h8-9H,5-7H2,1-4H3/t8-,9?,11+/m1/s1. The van der Waals surface area contributed by atoms with E-state index in [-0.39, 0.29) is 0 Å². The first kappa shape index (κ1) is 8.55. The molecule has 1 heteroatoms. The van der Waals surface area contributed by atoms with Crippen molar-refractivity contribution >= 4 is 0 Å². The Kier molecular flexibility index (Phi) is 1.61. The van der Waals surface area contributed by atoms with Crippen molar-refractivity contribution in [1.82, 2.24) is 0 Å². The second-order valence-corrected chi connectivity index (χ2v) is 5.33. The van der Waals surface area contributed by atoms with Gasteiger partial charge in [-0.25, -0.2) is 0 Å². The van der Waals surface area contributed by atoms with Gasteiger partial charge in [-0.3, -0.25) is 0 Å². The Morgan fingerprint density at radius 2 is 1.92 bits per heavy atom. The fraction of sp³-hybridized carbons (Fsp3) is 1.00. The average molecular weight is 168 g/mol. The molecule has 0 radical (unpaired) electrons. The molecule has 0 saturated heterocycles. The van der Waals surface area contributed by atoms with Crippen LogP contribution in [0.4, 0.5) is 0 Å². The Bertz CT molecular complexity index is 197. The third kappa shape index (κ3) is 0.736. The summed E-state index contributed by atoms with van der Waals surface area (Å²) in [6.45, 7) is 7.25. The lowest BCUT2D eigenvalue weighted by atomic mass is 9.70. The molecule has 0 aromatic carbocycles. The van der Waals surface area contributed by atoms with E-state index in [1.807, 2.05) is 7.11 Å². The van der Waals surface area contributed by atoms with Gasteiger partial charge < -0.3 is 4.74 Å². The highest BCUT2D eigenvalue weighted by atomic mass is 16.5. The summed E-state index contributed by atoms with van der Waals surface area (Å²) in [7, 11) is 1.87. The van der Waals surface area contributed by atoms with Crippen LogP contribution in [-0.2, 0) is 4.74 Å². The maximum atomic E-state index is 5.58. The summed E-state index contributed by atoms with van der Waals surface area (Å²) in [5, 5.41) is 0. The normalized spacial score (nSPS) is 50.0. The van der Waals surface area contributed by atoms with E-state index < -0.39 is 0 Å². The number of hydrogen-bond acceptors (Lipinski definition) is 1. The van der Waals surface area contributed by atoms with E-state index in [2.05, 4.69) is 20.8 Å². The van der Waals surface area contributed by atoms with Crippen LogP contribution < -0.4 is 0 Å². The molecule has 2 saturated carbocycles. The maximum Gasteiger partial charge on any atom is 0.0632 e. The molecule has 0 heterocycles. The molecule has 0 N–H and O–H groups in total. The van der Waals surface area contributed by atoms with Crippen LogP contribution in [0, 0.1) is 16.7 Å². The van der Waals surface area contributed by atoms with Crippen molar-refractivity contribution in [2.24, 2.45) is 16.7 Å². The molecule has 1 unspecified atom stereocenters. The summed E-state index contributed by atoms with van der Waals surface area (Å²) >= 11 is 0. The number of rotatable bonds is 1. The molecule has 2 aliphatic carbocycles. The highest BCUT2D eigenvalue weighted by Crippen LogP contribution is 2.66. The summed E-state index contributed by atoms with van der Waals surface area (Å²) in [6.07, 6.45) is 4.60. The van der Waals surface area contributed by atoms with Gasteiger partial charge in [0.1, 0.15) is 0 Å². The first-order valence-electron chi connectivity index (χ1n) is 5.05. The third-order valence-electron chi connectivity index (χ3n) is 5.00. The van der Waals surface area contributed by atoms with Gasteiger partial charge >= 0.3 is 0 Å². The van der Waals surface area contributed by atoms with Crippen LogP contribution in [0.3, 0.4) is 0 Å². The lowest BCUT2D eigenvalue weighted by molar-refractivity contribution is -0.0200. The minimum Gasteiger partial charge on any atom is -0.381 e. The molecule has 0 spiro atoms. The summed E-state index contributed by atoms with van der Waals surface area (Å²) in [5.41, 5.74) is 0.958. The van der Waals surface area contributed by atoms with Crippen LogP contribution >= 0.6 is 0 Å². The molecule has 1 nitrogen and oxygen atoms in total. The quantitative estimate of drug-likeness (QED) is 0.585. The van der Waals surface area contributed by atoms with E-state index in [4.69, 9.17) is 4.74 Å². The first-order chi connectivity index (χ1) is 5.52. The van der Waals surface area contributed by atoms with Crippen molar-refractivity contribution in [1.29, 1.82) is 0 Å². The van der Waals surface area contributed by atoms with Crippen molar-refractivity contribution in [2.45, 2.75) is 46.1 Å². The maximum absolute atomic E-state index is 5.58. The van der Waals surface area contributed by atoms with Crippen molar-refractivity contribution in [3.05, 3.63) is 0 Å². The van der Waals surface area contributed by atoms with Crippen LogP contribution in [0.2, 0.25) is 0 Å². The molecule has 3 atom stereocenters. The van der Waals surface area contributed by atoms with Crippen molar-refractivity contribution < 1.29 is 4.74 Å². The predicted octanol–water partition coefficient (Wildman–Crippen LogP) is 2.85. The number of methoxy groups -OCH3 is 1. The van der Waals surface area contributed by atoms with E-state index >= 15 is 0 Å². The minimum absolute atomic E-state index is 0.451. The molecular weight excluding hydrogens is 148 g/mol. The molecule has 0 aliphatic heterocycles. The molecule has 0 aromatic heterocycles. The van der Waals surface area contributed by atoms with E-state index in [9.17, 15) is 0 Å². The molecule has 2 aliphatic rings. The summed E-state index contributed by atoms with van der Waals surface area (Å²) < 4.78 is 5.58. The predicted molar refractivity (Wildman–Crippen MR) is 50.0 cm³/mol. The van der Waals surface area contributed by atoms with Gasteiger partial charge in [0.25, 0.3) is 0 Å². The molecule has 0 amide bonds. The van der Waals surface area contributed by atoms with Gasteiger partial charge in [0.2, 0.25) is 0 Å².